The summed E-state index contributed by atoms with van der Waals surface area (Å²) in [5, 5.41) is 0. The minimum atomic E-state index is -5.04. The Morgan fingerprint density at radius 1 is 1.17 bits per heavy atom. The topological polar surface area (TPSA) is 18.5 Å². The average Bonchev–Trinajstić information content (AvgIpc) is 2.25. The Morgan fingerprint density at radius 3 is 2.39 bits per heavy atom. The quantitative estimate of drug-likeness (QED) is 0.517. The summed E-state index contributed by atoms with van der Waals surface area (Å²) < 4.78 is 48.2. The van der Waals surface area contributed by atoms with Gasteiger partial charge in [-0.15, -0.1) is 0 Å². The Hall–Kier alpha value is 0.471. The number of hydrogen-bond donors (Lipinski definition) is 0. The first kappa shape index (κ1) is 18.5. The summed E-state index contributed by atoms with van der Waals surface area (Å²) in [4.78, 5) is 0. The fourth-order valence-electron chi connectivity index (χ4n) is 1.44. The number of hydrogen-bond acceptors (Lipinski definition) is 2. The molecule has 0 saturated carbocycles. The monoisotopic (exact) mass is 286 g/mol. The zero-order valence-electron chi connectivity index (χ0n) is 10.9. The van der Waals surface area contributed by atoms with E-state index in [9.17, 15) is 12.9 Å². The summed E-state index contributed by atoms with van der Waals surface area (Å²) >= 11 is 0. The Morgan fingerprint density at radius 2 is 1.83 bits per heavy atom. The van der Waals surface area contributed by atoms with E-state index in [1.54, 1.807) is 13.0 Å². The number of methoxy groups -OCH3 is 1. The molecule has 2 nitrogen and oxygen atoms in total. The molecule has 0 radical (unpaired) electrons. The van der Waals surface area contributed by atoms with Crippen LogP contribution < -0.4 is 61.6 Å². The van der Waals surface area contributed by atoms with Gasteiger partial charge >= 0.3 is 58.4 Å². The molecule has 18 heavy (non-hydrogen) atoms. The molecule has 96 valence electrons. The van der Waals surface area contributed by atoms with Crippen LogP contribution in [-0.4, -0.2) is 27.3 Å². The summed E-state index contributed by atoms with van der Waals surface area (Å²) in [6.45, 7) is -2.72. The molecule has 0 unspecified atom stereocenters. The Balaban J connectivity index is 0.00000289. The molecule has 1 aromatic carbocycles. The van der Waals surface area contributed by atoms with Gasteiger partial charge in [-0.25, -0.2) is 0 Å². The molecule has 0 saturated heterocycles. The van der Waals surface area contributed by atoms with E-state index in [2.05, 4.69) is 0 Å². The summed E-state index contributed by atoms with van der Waals surface area (Å²) in [6.07, 6.45) is 0.564. The number of aryl methyl sites for hydroxylation is 1. The summed E-state index contributed by atoms with van der Waals surface area (Å²) in [7, 11) is 1.54. The van der Waals surface area contributed by atoms with Crippen LogP contribution in [0.4, 0.5) is 12.9 Å². The molecule has 0 amide bonds. The third-order valence-electron chi connectivity index (χ3n) is 2.27. The van der Waals surface area contributed by atoms with Crippen LogP contribution in [0.1, 0.15) is 12.0 Å². The third-order valence-corrected chi connectivity index (χ3v) is 2.27. The number of rotatable bonds is 6. The second kappa shape index (κ2) is 8.60. The van der Waals surface area contributed by atoms with Crippen molar-refractivity contribution >= 4 is 12.4 Å². The first-order chi connectivity index (χ1) is 7.95. The van der Waals surface area contributed by atoms with Crippen LogP contribution in [0.5, 0.6) is 5.75 Å². The Kier molecular flexibility index (Phi) is 8.83. The zero-order valence-corrected chi connectivity index (χ0v) is 14.0. The third kappa shape index (κ3) is 6.08. The van der Waals surface area contributed by atoms with Gasteiger partial charge in [0.15, 0.2) is 0 Å². The molecule has 1 rings (SSSR count). The number of halogens is 3. The maximum absolute atomic E-state index is 12.8. The van der Waals surface area contributed by atoms with E-state index in [4.69, 9.17) is 9.47 Å². The molecule has 0 atom stereocenters. The summed E-state index contributed by atoms with van der Waals surface area (Å²) in [5.74, 6) is -0.0980. The molecule has 0 aliphatic carbocycles. The molecule has 0 N–H and O–H groups in total. The van der Waals surface area contributed by atoms with Crippen molar-refractivity contribution in [3.05, 3.63) is 23.8 Å². The van der Waals surface area contributed by atoms with Crippen molar-refractivity contribution in [1.82, 2.24) is 0 Å². The van der Waals surface area contributed by atoms with Crippen LogP contribution in [0.25, 0.3) is 0 Å². The molecule has 0 fully saturated rings. The Bertz CT molecular complexity index is 372. The molecule has 0 bridgehead atoms. The predicted molar refractivity (Wildman–Crippen MR) is 61.9 cm³/mol. The van der Waals surface area contributed by atoms with E-state index in [0.29, 0.717) is 18.6 Å². The SMILES string of the molecule is COCCCOc1ccc(C)cc1[B-](F)(F)F.[K+]. The second-order valence-corrected chi connectivity index (χ2v) is 3.81. The molecule has 0 aliphatic heterocycles. The predicted octanol–water partition coefficient (Wildman–Crippen LogP) is -0.531. The first-order valence-corrected chi connectivity index (χ1v) is 5.37. The minimum Gasteiger partial charge on any atom is -0.496 e. The minimum absolute atomic E-state index is 0. The van der Waals surface area contributed by atoms with Gasteiger partial charge in [-0.2, -0.15) is 0 Å². The van der Waals surface area contributed by atoms with Gasteiger partial charge in [0.25, 0.3) is 0 Å². The van der Waals surface area contributed by atoms with Gasteiger partial charge in [0.1, 0.15) is 0 Å². The maximum Gasteiger partial charge on any atom is 1.00 e. The van der Waals surface area contributed by atoms with Gasteiger partial charge in [0.05, 0.1) is 12.4 Å². The van der Waals surface area contributed by atoms with E-state index in [1.165, 1.54) is 13.2 Å². The molecular formula is C11H15BF3KO2. The van der Waals surface area contributed by atoms with Gasteiger partial charge in [0.2, 0.25) is 0 Å². The summed E-state index contributed by atoms with van der Waals surface area (Å²) in [6, 6.07) is 4.09. The van der Waals surface area contributed by atoms with Crippen LogP contribution in [0.2, 0.25) is 0 Å². The molecule has 0 heterocycles. The molecule has 0 aromatic heterocycles. The van der Waals surface area contributed by atoms with Crippen molar-refractivity contribution < 1.29 is 73.8 Å². The second-order valence-electron chi connectivity index (χ2n) is 3.81. The molecule has 0 aliphatic rings. The molecule has 0 spiro atoms. The molecule has 1 aromatic rings. The maximum atomic E-state index is 12.8. The van der Waals surface area contributed by atoms with Gasteiger partial charge in [-0.05, 0) is 13.0 Å². The smallest absolute Gasteiger partial charge is 0.496 e. The van der Waals surface area contributed by atoms with Gasteiger partial charge in [0, 0.05) is 20.1 Å². The summed E-state index contributed by atoms with van der Waals surface area (Å²) in [5.41, 5.74) is -0.0918. The van der Waals surface area contributed by atoms with Crippen molar-refractivity contribution in [2.75, 3.05) is 20.3 Å². The van der Waals surface area contributed by atoms with E-state index < -0.39 is 12.4 Å². The van der Waals surface area contributed by atoms with Crippen LogP contribution in [0, 0.1) is 6.92 Å². The van der Waals surface area contributed by atoms with Crippen molar-refractivity contribution in [2.45, 2.75) is 13.3 Å². The van der Waals surface area contributed by atoms with E-state index in [0.717, 1.165) is 6.07 Å². The van der Waals surface area contributed by atoms with Crippen LogP contribution in [-0.2, 0) is 4.74 Å². The van der Waals surface area contributed by atoms with Gasteiger partial charge in [-0.1, -0.05) is 23.2 Å². The van der Waals surface area contributed by atoms with Gasteiger partial charge < -0.3 is 22.4 Å². The first-order valence-electron chi connectivity index (χ1n) is 5.37. The molecule has 7 heteroatoms. The van der Waals surface area contributed by atoms with E-state index in [-0.39, 0.29) is 63.7 Å². The van der Waals surface area contributed by atoms with Crippen molar-refractivity contribution in [1.29, 1.82) is 0 Å². The number of benzene rings is 1. The van der Waals surface area contributed by atoms with Crippen molar-refractivity contribution in [3.8, 4) is 5.75 Å². The van der Waals surface area contributed by atoms with Crippen LogP contribution in [0.15, 0.2) is 18.2 Å². The van der Waals surface area contributed by atoms with Crippen LogP contribution in [0.3, 0.4) is 0 Å². The van der Waals surface area contributed by atoms with Gasteiger partial charge in [-0.3, -0.25) is 0 Å². The van der Waals surface area contributed by atoms with Crippen molar-refractivity contribution in [2.24, 2.45) is 0 Å². The number of ether oxygens (including phenoxy) is 2. The fourth-order valence-corrected chi connectivity index (χ4v) is 1.44. The van der Waals surface area contributed by atoms with Crippen molar-refractivity contribution in [3.63, 3.8) is 0 Å². The molecular weight excluding hydrogens is 271 g/mol. The normalized spacial score (nSPS) is 10.9. The van der Waals surface area contributed by atoms with Crippen LogP contribution >= 0.6 is 0 Å². The fraction of sp³-hybridized carbons (Fsp3) is 0.455. The average molecular weight is 286 g/mol. The van der Waals surface area contributed by atoms with E-state index in [1.807, 2.05) is 0 Å². The zero-order chi connectivity index (χ0) is 12.9. The van der Waals surface area contributed by atoms with E-state index >= 15 is 0 Å². The largest absolute Gasteiger partial charge is 1.00 e. The Labute approximate surface area is 148 Å². The standard InChI is InChI=1S/C11H15BF3O2.K/c1-9-4-5-11(17-7-3-6-16-2)10(8-9)12(13,14)15;/h4-5,8H,3,6-7H2,1-2H3;/q-1;+1.